The van der Waals surface area contributed by atoms with Crippen LogP contribution < -0.4 is 5.32 Å². The second kappa shape index (κ2) is 7.36. The van der Waals surface area contributed by atoms with Gasteiger partial charge in [-0.2, -0.15) is 4.98 Å². The van der Waals surface area contributed by atoms with E-state index in [9.17, 15) is 13.2 Å². The molecule has 1 N–H and O–H groups in total. The zero-order chi connectivity index (χ0) is 16.9. The van der Waals surface area contributed by atoms with E-state index in [-0.39, 0.29) is 29.4 Å². The van der Waals surface area contributed by atoms with Gasteiger partial charge in [-0.1, -0.05) is 48.8 Å². The first-order chi connectivity index (χ1) is 10.9. The van der Waals surface area contributed by atoms with E-state index in [0.717, 1.165) is 18.2 Å². The summed E-state index contributed by atoms with van der Waals surface area (Å²) in [4.78, 5) is 16.3. The summed E-state index contributed by atoms with van der Waals surface area (Å²) in [5.41, 5.74) is 0.905. The van der Waals surface area contributed by atoms with Crippen molar-refractivity contribution in [3.8, 4) is 0 Å². The molecule has 0 bridgehead atoms. The Morgan fingerprint density at radius 2 is 2.00 bits per heavy atom. The monoisotopic (exact) mass is 337 g/mol. The lowest BCUT2D eigenvalue weighted by molar-refractivity contribution is -0.117. The largest absolute Gasteiger partial charge is 0.328 e. The van der Waals surface area contributed by atoms with Gasteiger partial charge < -0.3 is 4.52 Å². The van der Waals surface area contributed by atoms with Crippen LogP contribution in [0.15, 0.2) is 34.9 Å². The molecule has 1 amide bonds. The van der Waals surface area contributed by atoms with Gasteiger partial charge in [-0.15, -0.1) is 0 Å². The van der Waals surface area contributed by atoms with Crippen LogP contribution in [-0.2, 0) is 20.4 Å². The van der Waals surface area contributed by atoms with Crippen LogP contribution in [0.2, 0.25) is 0 Å². The molecule has 1 aromatic heterocycles. The Balaban J connectivity index is 2.10. The highest BCUT2D eigenvalue weighted by Crippen LogP contribution is 2.23. The van der Waals surface area contributed by atoms with E-state index in [1.165, 1.54) is 0 Å². The molecule has 1 heterocycles. The molecule has 1 atom stereocenters. The zero-order valence-corrected chi connectivity index (χ0v) is 13.8. The fourth-order valence-electron chi connectivity index (χ4n) is 2.21. The Bertz CT molecular complexity index is 756. The average molecular weight is 337 g/mol. The van der Waals surface area contributed by atoms with Crippen LogP contribution >= 0.6 is 0 Å². The van der Waals surface area contributed by atoms with E-state index in [4.69, 9.17) is 4.52 Å². The number of nitrogens with one attached hydrogen (secondary N) is 1. The highest BCUT2D eigenvalue weighted by atomic mass is 32.2. The fraction of sp³-hybridized carbons (Fsp3) is 0.400. The number of rotatable bonds is 7. The third kappa shape index (κ3) is 5.17. The molecule has 0 unspecified atom stereocenters. The number of nitrogens with zero attached hydrogens (tertiary/aromatic N) is 2. The third-order valence-electron chi connectivity index (χ3n) is 3.19. The quantitative estimate of drug-likeness (QED) is 0.830. The Kier molecular flexibility index (Phi) is 5.49. The van der Waals surface area contributed by atoms with Crippen LogP contribution in [0.4, 0.5) is 6.01 Å². The van der Waals surface area contributed by atoms with Crippen molar-refractivity contribution in [1.29, 1.82) is 0 Å². The Hall–Kier alpha value is -2.22. The van der Waals surface area contributed by atoms with E-state index in [1.807, 2.05) is 37.3 Å². The molecule has 7 nitrogen and oxygen atoms in total. The maximum atomic E-state index is 12.4. The summed E-state index contributed by atoms with van der Waals surface area (Å²) in [6.07, 6.45) is 2.60. The Morgan fingerprint density at radius 3 is 2.61 bits per heavy atom. The molecule has 124 valence electrons. The highest BCUT2D eigenvalue weighted by molar-refractivity contribution is 7.89. The van der Waals surface area contributed by atoms with Crippen molar-refractivity contribution in [2.24, 2.45) is 0 Å². The zero-order valence-electron chi connectivity index (χ0n) is 13.0. The minimum Gasteiger partial charge on any atom is -0.315 e. The van der Waals surface area contributed by atoms with Gasteiger partial charge in [-0.05, 0) is 12.0 Å². The molecule has 0 spiro atoms. The van der Waals surface area contributed by atoms with Gasteiger partial charge >= 0.3 is 6.01 Å². The summed E-state index contributed by atoms with van der Waals surface area (Å²) in [7, 11) is -3.26. The highest BCUT2D eigenvalue weighted by Gasteiger charge is 2.22. The second-order valence-electron chi connectivity index (χ2n) is 5.33. The minimum atomic E-state index is -3.26. The van der Waals surface area contributed by atoms with Gasteiger partial charge in [0.25, 0.3) is 0 Å². The lowest BCUT2D eigenvalue weighted by atomic mass is 9.94. The Labute approximate surface area is 135 Å². The summed E-state index contributed by atoms with van der Waals surface area (Å²) in [6.45, 7) is 2.00. The topological polar surface area (TPSA) is 102 Å². The van der Waals surface area contributed by atoms with Crippen molar-refractivity contribution in [2.75, 3.05) is 11.6 Å². The van der Waals surface area contributed by atoms with Gasteiger partial charge in [-0.25, -0.2) is 8.42 Å². The number of amides is 1. The number of carbonyl (C=O) groups is 1. The predicted molar refractivity (Wildman–Crippen MR) is 85.6 cm³/mol. The summed E-state index contributed by atoms with van der Waals surface area (Å²) in [5, 5.41) is 6.11. The molecule has 0 saturated heterocycles. The molecular formula is C15H19N3O4S. The molecule has 1 aromatic carbocycles. The molecule has 0 aliphatic heterocycles. The molecule has 0 aliphatic carbocycles. The van der Waals surface area contributed by atoms with Crippen LogP contribution in [-0.4, -0.2) is 30.7 Å². The van der Waals surface area contributed by atoms with Crippen LogP contribution in [0.25, 0.3) is 0 Å². The van der Waals surface area contributed by atoms with Gasteiger partial charge in [0.2, 0.25) is 5.91 Å². The SMILES string of the molecule is CCC[C@H](C(=O)Nc1nc(CS(C)(=O)=O)no1)c1ccccc1. The van der Waals surface area contributed by atoms with Crippen LogP contribution in [0.1, 0.15) is 37.1 Å². The maximum absolute atomic E-state index is 12.4. The van der Waals surface area contributed by atoms with Crippen molar-refractivity contribution in [1.82, 2.24) is 10.1 Å². The van der Waals surface area contributed by atoms with Crippen LogP contribution in [0.3, 0.4) is 0 Å². The van der Waals surface area contributed by atoms with Gasteiger partial charge in [0.05, 0.1) is 5.92 Å². The van der Waals surface area contributed by atoms with Crippen molar-refractivity contribution in [3.63, 3.8) is 0 Å². The molecule has 0 saturated carbocycles. The number of anilines is 1. The summed E-state index contributed by atoms with van der Waals surface area (Å²) in [5.74, 6) is -0.891. The van der Waals surface area contributed by atoms with Crippen molar-refractivity contribution >= 4 is 21.8 Å². The molecule has 2 rings (SSSR count). The van der Waals surface area contributed by atoms with Crippen molar-refractivity contribution in [3.05, 3.63) is 41.7 Å². The molecule has 0 radical (unpaired) electrons. The van der Waals surface area contributed by atoms with E-state index in [2.05, 4.69) is 15.5 Å². The number of sulfone groups is 1. The smallest absolute Gasteiger partial charge is 0.315 e. The van der Waals surface area contributed by atoms with Crippen LogP contribution in [0, 0.1) is 0 Å². The first-order valence-corrected chi connectivity index (χ1v) is 9.31. The summed E-state index contributed by atoms with van der Waals surface area (Å²) in [6, 6.07) is 9.33. The van der Waals surface area contributed by atoms with Crippen molar-refractivity contribution in [2.45, 2.75) is 31.4 Å². The predicted octanol–water partition coefficient (Wildman–Crippen LogP) is 2.14. The molecular weight excluding hydrogens is 318 g/mol. The standard InChI is InChI=1S/C15H19N3O4S/c1-3-7-12(11-8-5-4-6-9-11)14(19)17-15-16-13(18-22-15)10-23(2,20)21/h4-6,8-9,12H,3,7,10H2,1-2H3,(H,16,17,18,19)/t12-/m0/s1. The minimum absolute atomic E-state index is 0.0227. The average Bonchev–Trinajstić information content (AvgIpc) is 2.90. The van der Waals surface area contributed by atoms with E-state index >= 15 is 0 Å². The molecule has 23 heavy (non-hydrogen) atoms. The van der Waals surface area contributed by atoms with E-state index < -0.39 is 9.84 Å². The van der Waals surface area contributed by atoms with E-state index in [0.29, 0.717) is 6.42 Å². The second-order valence-corrected chi connectivity index (χ2v) is 7.47. The number of carbonyl (C=O) groups excluding carboxylic acids is 1. The lowest BCUT2D eigenvalue weighted by Crippen LogP contribution is -2.21. The first kappa shape index (κ1) is 17.1. The molecule has 8 heteroatoms. The molecule has 0 fully saturated rings. The molecule has 2 aromatic rings. The lowest BCUT2D eigenvalue weighted by Gasteiger charge is -2.14. The Morgan fingerprint density at radius 1 is 1.30 bits per heavy atom. The van der Waals surface area contributed by atoms with Crippen LogP contribution in [0.5, 0.6) is 0 Å². The normalized spacial score (nSPS) is 12.8. The number of hydrogen-bond donors (Lipinski definition) is 1. The summed E-state index contributed by atoms with van der Waals surface area (Å²) < 4.78 is 27.3. The van der Waals surface area contributed by atoms with Gasteiger partial charge in [0.15, 0.2) is 15.7 Å². The van der Waals surface area contributed by atoms with Gasteiger partial charge in [-0.3, -0.25) is 10.1 Å². The van der Waals surface area contributed by atoms with Gasteiger partial charge in [0.1, 0.15) is 5.75 Å². The fourth-order valence-corrected chi connectivity index (χ4v) is 2.80. The first-order valence-electron chi connectivity index (χ1n) is 7.25. The van der Waals surface area contributed by atoms with E-state index in [1.54, 1.807) is 0 Å². The molecule has 0 aliphatic rings. The number of hydrogen-bond acceptors (Lipinski definition) is 6. The number of benzene rings is 1. The number of aromatic nitrogens is 2. The summed E-state index contributed by atoms with van der Waals surface area (Å²) >= 11 is 0. The van der Waals surface area contributed by atoms with Crippen molar-refractivity contribution < 1.29 is 17.7 Å². The van der Waals surface area contributed by atoms with Gasteiger partial charge in [0, 0.05) is 6.26 Å². The third-order valence-corrected chi connectivity index (χ3v) is 3.97. The maximum Gasteiger partial charge on any atom is 0.328 e.